The number of hydrogen-bond donors (Lipinski definition) is 1. The lowest BCUT2D eigenvalue weighted by Gasteiger charge is -2.36. The summed E-state index contributed by atoms with van der Waals surface area (Å²) in [5, 5.41) is 10.7. The Kier molecular flexibility index (Phi) is 6.66. The van der Waals surface area contributed by atoms with Crippen LogP contribution in [0, 0.1) is 0 Å². The van der Waals surface area contributed by atoms with Gasteiger partial charge >= 0.3 is 12.3 Å². The van der Waals surface area contributed by atoms with Gasteiger partial charge in [0.2, 0.25) is 0 Å². The molecule has 4 rings (SSSR count). The van der Waals surface area contributed by atoms with Crippen molar-refractivity contribution in [2.24, 2.45) is 0 Å². The smallest absolute Gasteiger partial charge is 0.429 e. The molecule has 0 amide bonds. The van der Waals surface area contributed by atoms with Crippen molar-refractivity contribution in [2.45, 2.75) is 43.9 Å². The first-order valence-corrected chi connectivity index (χ1v) is 9.80. The van der Waals surface area contributed by atoms with E-state index >= 15 is 0 Å². The highest BCUT2D eigenvalue weighted by atomic mass is 16.8. The van der Waals surface area contributed by atoms with E-state index < -0.39 is 43.0 Å². The maximum atomic E-state index is 12.1. The quantitative estimate of drug-likeness (QED) is 0.691. The van der Waals surface area contributed by atoms with E-state index in [1.807, 2.05) is 36.4 Å². The number of carbonyl (C=O) groups excluding carboxylic acids is 2. The average molecular weight is 430 g/mol. The van der Waals surface area contributed by atoms with Crippen LogP contribution in [0.1, 0.15) is 11.1 Å². The minimum absolute atomic E-state index is 0.00321. The van der Waals surface area contributed by atoms with Crippen LogP contribution in [0.4, 0.5) is 9.59 Å². The van der Waals surface area contributed by atoms with Gasteiger partial charge < -0.3 is 33.5 Å². The van der Waals surface area contributed by atoms with E-state index in [0.717, 1.165) is 11.1 Å². The molecular weight excluding hydrogens is 408 g/mol. The van der Waals surface area contributed by atoms with Gasteiger partial charge in [0.25, 0.3) is 0 Å². The van der Waals surface area contributed by atoms with Gasteiger partial charge in [-0.25, -0.2) is 9.59 Å². The van der Waals surface area contributed by atoms with E-state index in [4.69, 9.17) is 28.4 Å². The molecule has 1 N–H and O–H groups in total. The molecule has 2 aliphatic heterocycles. The molecule has 0 spiro atoms. The summed E-state index contributed by atoms with van der Waals surface area (Å²) in [5.41, 5.74) is 1.56. The van der Waals surface area contributed by atoms with Gasteiger partial charge in [0.15, 0.2) is 18.5 Å². The van der Waals surface area contributed by atoms with Crippen LogP contribution in [0.15, 0.2) is 60.7 Å². The Balaban J connectivity index is 1.31. The predicted octanol–water partition coefficient (Wildman–Crippen LogP) is 2.55. The third-order valence-corrected chi connectivity index (χ3v) is 4.91. The lowest BCUT2D eigenvalue weighted by atomic mass is 10.0. The third-order valence-electron chi connectivity index (χ3n) is 4.91. The Morgan fingerprint density at radius 2 is 1.35 bits per heavy atom. The van der Waals surface area contributed by atoms with Crippen molar-refractivity contribution >= 4 is 12.3 Å². The van der Waals surface area contributed by atoms with E-state index in [9.17, 15) is 14.7 Å². The summed E-state index contributed by atoms with van der Waals surface area (Å²) >= 11 is 0. The molecule has 2 aromatic rings. The van der Waals surface area contributed by atoms with Gasteiger partial charge in [-0.1, -0.05) is 60.7 Å². The Bertz CT molecular complexity index is 802. The fraction of sp³-hybridized carbons (Fsp3) is 0.364. The number of aliphatic hydroxyl groups is 1. The molecule has 2 fully saturated rings. The summed E-state index contributed by atoms with van der Waals surface area (Å²) in [6.45, 7) is 0.0827. The van der Waals surface area contributed by atoms with Crippen LogP contribution in [0.25, 0.3) is 0 Å². The Morgan fingerprint density at radius 1 is 0.839 bits per heavy atom. The number of carbonyl (C=O) groups is 2. The molecule has 5 atom stereocenters. The third kappa shape index (κ3) is 5.32. The summed E-state index contributed by atoms with van der Waals surface area (Å²) in [5.74, 6) is 0. The number of aliphatic hydroxyl groups excluding tert-OH is 1. The molecule has 31 heavy (non-hydrogen) atoms. The molecule has 0 aromatic heterocycles. The summed E-state index contributed by atoms with van der Waals surface area (Å²) in [6.07, 6.45) is -7.40. The largest absolute Gasteiger partial charge is 0.509 e. The molecule has 164 valence electrons. The molecule has 0 aliphatic carbocycles. The van der Waals surface area contributed by atoms with Crippen molar-refractivity contribution < 1.29 is 43.1 Å². The van der Waals surface area contributed by atoms with Gasteiger partial charge in [0.1, 0.15) is 25.4 Å². The normalized spacial score (nSPS) is 26.7. The second kappa shape index (κ2) is 9.78. The summed E-state index contributed by atoms with van der Waals surface area (Å²) < 4.78 is 31.6. The highest BCUT2D eigenvalue weighted by Gasteiger charge is 2.54. The number of fused-ring (bicyclic) bond motifs is 2. The Morgan fingerprint density at radius 3 is 1.90 bits per heavy atom. The van der Waals surface area contributed by atoms with Crippen molar-refractivity contribution in [1.29, 1.82) is 0 Å². The number of hydrogen-bond acceptors (Lipinski definition) is 9. The van der Waals surface area contributed by atoms with E-state index in [1.165, 1.54) is 0 Å². The fourth-order valence-corrected chi connectivity index (χ4v) is 3.35. The van der Waals surface area contributed by atoms with E-state index in [2.05, 4.69) is 0 Å². The standard InChI is InChI=1S/C22H22O9/c23-17-18(30-21(24)27-11-14-7-3-1-4-8-14)16-13-26-20(29-16)19(17)31-22(25)28-12-15-9-5-2-6-10-15/h1-10,16-20,23H,11-13H2/t16-,17+,18-,19-,20-/m1/s1. The van der Waals surface area contributed by atoms with Crippen LogP contribution in [-0.4, -0.2) is 54.7 Å². The first kappa shape index (κ1) is 21.1. The fourth-order valence-electron chi connectivity index (χ4n) is 3.35. The Hall–Kier alpha value is -3.14. The summed E-state index contributed by atoms with van der Waals surface area (Å²) in [7, 11) is 0. The molecular formula is C22H22O9. The Labute approximate surface area is 178 Å². The van der Waals surface area contributed by atoms with Gasteiger partial charge in [0.05, 0.1) is 6.61 Å². The molecule has 9 nitrogen and oxygen atoms in total. The molecule has 0 unspecified atom stereocenters. The van der Waals surface area contributed by atoms with Crippen LogP contribution >= 0.6 is 0 Å². The molecule has 0 radical (unpaired) electrons. The zero-order valence-electron chi connectivity index (χ0n) is 16.5. The zero-order valence-corrected chi connectivity index (χ0v) is 16.5. The van der Waals surface area contributed by atoms with E-state index in [1.54, 1.807) is 24.3 Å². The number of benzene rings is 2. The van der Waals surface area contributed by atoms with Crippen molar-refractivity contribution in [3.8, 4) is 0 Å². The van der Waals surface area contributed by atoms with Gasteiger partial charge in [-0.15, -0.1) is 0 Å². The molecule has 0 saturated carbocycles. The second-order valence-corrected chi connectivity index (χ2v) is 7.08. The van der Waals surface area contributed by atoms with Crippen LogP contribution < -0.4 is 0 Å². The molecule has 9 heteroatoms. The van der Waals surface area contributed by atoms with Gasteiger partial charge in [-0.3, -0.25) is 0 Å². The van der Waals surface area contributed by atoms with E-state index in [-0.39, 0.29) is 19.8 Å². The maximum Gasteiger partial charge on any atom is 0.509 e. The number of ether oxygens (including phenoxy) is 6. The topological polar surface area (TPSA) is 110 Å². The molecule has 2 aliphatic rings. The highest BCUT2D eigenvalue weighted by Crippen LogP contribution is 2.32. The van der Waals surface area contributed by atoms with Crippen molar-refractivity contribution in [3.05, 3.63) is 71.8 Å². The monoisotopic (exact) mass is 430 g/mol. The number of rotatable bonds is 6. The van der Waals surface area contributed by atoms with Crippen molar-refractivity contribution in [1.82, 2.24) is 0 Å². The van der Waals surface area contributed by atoms with Crippen LogP contribution in [0.5, 0.6) is 0 Å². The minimum Gasteiger partial charge on any atom is -0.429 e. The summed E-state index contributed by atoms with van der Waals surface area (Å²) in [4.78, 5) is 24.2. The average Bonchev–Trinajstić information content (AvgIpc) is 3.24. The molecule has 2 aromatic carbocycles. The first-order chi connectivity index (χ1) is 15.1. The first-order valence-electron chi connectivity index (χ1n) is 9.80. The second-order valence-electron chi connectivity index (χ2n) is 7.08. The van der Waals surface area contributed by atoms with Gasteiger partial charge in [-0.05, 0) is 11.1 Å². The molecule has 2 heterocycles. The molecule has 2 saturated heterocycles. The van der Waals surface area contributed by atoms with Crippen LogP contribution in [0.2, 0.25) is 0 Å². The van der Waals surface area contributed by atoms with Crippen molar-refractivity contribution in [2.75, 3.05) is 6.61 Å². The predicted molar refractivity (Wildman–Crippen MR) is 104 cm³/mol. The van der Waals surface area contributed by atoms with Crippen molar-refractivity contribution in [3.63, 3.8) is 0 Å². The van der Waals surface area contributed by atoms with Gasteiger partial charge in [-0.2, -0.15) is 0 Å². The lowest BCUT2D eigenvalue weighted by molar-refractivity contribution is -0.234. The van der Waals surface area contributed by atoms with E-state index in [0.29, 0.717) is 0 Å². The lowest BCUT2D eigenvalue weighted by Crippen LogP contribution is -2.56. The highest BCUT2D eigenvalue weighted by molar-refractivity contribution is 5.61. The van der Waals surface area contributed by atoms with Crippen LogP contribution in [0.3, 0.4) is 0 Å². The summed E-state index contributed by atoms with van der Waals surface area (Å²) in [6, 6.07) is 18.1. The SMILES string of the molecule is O=C(OCc1ccccc1)O[C@H]1[C@@H]2OC[C@@H](O2)[C@@H](OC(=O)OCc2ccccc2)[C@@H]1O. The maximum absolute atomic E-state index is 12.1. The zero-order chi connectivity index (χ0) is 21.6. The van der Waals surface area contributed by atoms with Crippen LogP contribution in [-0.2, 0) is 41.6 Å². The minimum atomic E-state index is -1.38. The molecule has 2 bridgehead atoms. The van der Waals surface area contributed by atoms with Gasteiger partial charge in [0, 0.05) is 0 Å².